The minimum atomic E-state index is 0.116. The quantitative estimate of drug-likeness (QED) is 0.277. The van der Waals surface area contributed by atoms with E-state index in [9.17, 15) is 9.59 Å². The lowest BCUT2D eigenvalue weighted by molar-refractivity contribution is -0.111. The lowest BCUT2D eigenvalue weighted by atomic mass is 9.86. The van der Waals surface area contributed by atoms with Crippen molar-refractivity contribution in [2.24, 2.45) is 11.8 Å². The first-order valence-corrected chi connectivity index (χ1v) is 11.2. The van der Waals surface area contributed by atoms with E-state index in [0.717, 1.165) is 25.4 Å². The van der Waals surface area contributed by atoms with Gasteiger partial charge in [0, 0.05) is 11.8 Å². The molecule has 0 heterocycles. The highest BCUT2D eigenvalue weighted by Gasteiger charge is 2.13. The largest absolute Gasteiger partial charge is 0.303 e. The number of carbonyl (C=O) groups is 2. The molecule has 0 aromatic heterocycles. The molecule has 0 bridgehead atoms. The predicted molar refractivity (Wildman–Crippen MR) is 122 cm³/mol. The molecule has 2 unspecified atom stereocenters. The second-order valence-corrected chi connectivity index (χ2v) is 9.29. The van der Waals surface area contributed by atoms with Gasteiger partial charge in [-0.2, -0.15) is 0 Å². The van der Waals surface area contributed by atoms with E-state index in [1.807, 2.05) is 13.8 Å². The molecule has 0 aliphatic heterocycles. The Morgan fingerprint density at radius 2 is 1.29 bits per heavy atom. The van der Waals surface area contributed by atoms with Crippen LogP contribution in [0.2, 0.25) is 0 Å². The molecule has 0 fully saturated rings. The number of carbonyl (C=O) groups excluding carboxylic acids is 2. The van der Waals surface area contributed by atoms with Gasteiger partial charge in [-0.25, -0.2) is 0 Å². The summed E-state index contributed by atoms with van der Waals surface area (Å²) in [5.41, 5.74) is 2.78. The number of hydrogen-bond donors (Lipinski definition) is 0. The SMILES string of the molecule is CC(C=O)Cc1ccc(C(C)(C)C)cc1.CCCCCCCCCC(C)C=O. The average molecular weight is 389 g/mol. The number of benzene rings is 1. The van der Waals surface area contributed by atoms with Gasteiger partial charge >= 0.3 is 0 Å². The summed E-state index contributed by atoms with van der Waals surface area (Å²) < 4.78 is 0. The standard InChI is InChI=1S/C14H20O.C12H24O/c1-11(10-15)9-12-5-7-13(8-6-12)14(2,3)4;1-3-4-5-6-7-8-9-10-12(2)11-13/h5-8,10-11H,9H2,1-4H3;11-12H,3-10H2,1-2H3. The van der Waals surface area contributed by atoms with Crippen LogP contribution in [-0.2, 0) is 21.4 Å². The Hall–Kier alpha value is -1.44. The van der Waals surface area contributed by atoms with Gasteiger partial charge in [-0.3, -0.25) is 0 Å². The Labute approximate surface area is 174 Å². The molecule has 0 aliphatic carbocycles. The van der Waals surface area contributed by atoms with Gasteiger partial charge in [0.2, 0.25) is 0 Å². The third kappa shape index (κ3) is 13.7. The molecule has 2 nitrogen and oxygen atoms in total. The van der Waals surface area contributed by atoms with Crippen LogP contribution in [0.5, 0.6) is 0 Å². The Balaban J connectivity index is 0.000000528. The zero-order chi connectivity index (χ0) is 21.4. The molecule has 0 radical (unpaired) electrons. The highest BCUT2D eigenvalue weighted by Crippen LogP contribution is 2.22. The Bertz CT molecular complexity index is 510. The summed E-state index contributed by atoms with van der Waals surface area (Å²) in [5.74, 6) is 0.390. The van der Waals surface area contributed by atoms with Crippen LogP contribution in [0.15, 0.2) is 24.3 Å². The summed E-state index contributed by atoms with van der Waals surface area (Å²) in [6.45, 7) is 12.8. The first-order valence-electron chi connectivity index (χ1n) is 11.2. The van der Waals surface area contributed by atoms with Crippen LogP contribution in [0.25, 0.3) is 0 Å². The second kappa shape index (κ2) is 15.5. The number of unbranched alkanes of at least 4 members (excludes halogenated alkanes) is 6. The van der Waals surface area contributed by atoms with Crippen molar-refractivity contribution in [2.45, 2.75) is 105 Å². The van der Waals surface area contributed by atoms with Crippen molar-refractivity contribution in [1.29, 1.82) is 0 Å². The third-order valence-corrected chi connectivity index (χ3v) is 5.11. The van der Waals surface area contributed by atoms with Crippen LogP contribution in [-0.4, -0.2) is 12.6 Å². The number of hydrogen-bond acceptors (Lipinski definition) is 2. The molecule has 0 saturated heterocycles. The summed E-state index contributed by atoms with van der Waals surface area (Å²) in [6, 6.07) is 8.57. The summed E-state index contributed by atoms with van der Waals surface area (Å²) in [5, 5.41) is 0. The van der Waals surface area contributed by atoms with Crippen LogP contribution >= 0.6 is 0 Å². The van der Waals surface area contributed by atoms with Crippen LogP contribution in [0.1, 0.15) is 104 Å². The van der Waals surface area contributed by atoms with E-state index >= 15 is 0 Å². The van der Waals surface area contributed by atoms with E-state index in [1.165, 1.54) is 56.1 Å². The van der Waals surface area contributed by atoms with Gasteiger partial charge in [0.25, 0.3) is 0 Å². The van der Waals surface area contributed by atoms with E-state index < -0.39 is 0 Å². The topological polar surface area (TPSA) is 34.1 Å². The number of rotatable bonds is 12. The fourth-order valence-electron chi connectivity index (χ4n) is 3.05. The summed E-state index contributed by atoms with van der Waals surface area (Å²) in [6.07, 6.45) is 13.4. The van der Waals surface area contributed by atoms with Crippen LogP contribution < -0.4 is 0 Å². The molecule has 1 aromatic rings. The van der Waals surface area contributed by atoms with Crippen LogP contribution in [0, 0.1) is 11.8 Å². The molecule has 0 amide bonds. The third-order valence-electron chi connectivity index (χ3n) is 5.11. The van der Waals surface area contributed by atoms with Gasteiger partial charge in [0.1, 0.15) is 12.6 Å². The van der Waals surface area contributed by atoms with Crippen molar-refractivity contribution in [1.82, 2.24) is 0 Å². The van der Waals surface area contributed by atoms with Crippen LogP contribution in [0.3, 0.4) is 0 Å². The summed E-state index contributed by atoms with van der Waals surface area (Å²) in [4.78, 5) is 20.8. The lowest BCUT2D eigenvalue weighted by Crippen LogP contribution is -2.11. The molecule has 160 valence electrons. The van der Waals surface area contributed by atoms with Gasteiger partial charge < -0.3 is 9.59 Å². The van der Waals surface area contributed by atoms with Crippen molar-refractivity contribution >= 4 is 12.6 Å². The number of aldehydes is 2. The van der Waals surface area contributed by atoms with Crippen molar-refractivity contribution in [3.05, 3.63) is 35.4 Å². The van der Waals surface area contributed by atoms with Gasteiger partial charge in [-0.05, 0) is 29.4 Å². The maximum absolute atomic E-state index is 10.5. The van der Waals surface area contributed by atoms with Crippen LogP contribution in [0.4, 0.5) is 0 Å². The molecule has 0 spiro atoms. The van der Waals surface area contributed by atoms with Gasteiger partial charge in [0.05, 0.1) is 0 Å². The minimum absolute atomic E-state index is 0.116. The van der Waals surface area contributed by atoms with E-state index in [-0.39, 0.29) is 17.3 Å². The maximum atomic E-state index is 10.5. The monoisotopic (exact) mass is 388 g/mol. The minimum Gasteiger partial charge on any atom is -0.303 e. The van der Waals surface area contributed by atoms with Crippen molar-refractivity contribution in [3.8, 4) is 0 Å². The van der Waals surface area contributed by atoms with E-state index in [2.05, 4.69) is 52.0 Å². The highest BCUT2D eigenvalue weighted by molar-refractivity contribution is 5.53. The molecule has 2 atom stereocenters. The molecule has 0 aliphatic rings. The smallest absolute Gasteiger partial charge is 0.123 e. The Kier molecular flexibility index (Phi) is 14.7. The molecule has 1 rings (SSSR count). The van der Waals surface area contributed by atoms with Gasteiger partial charge in [-0.1, -0.05) is 111 Å². The van der Waals surface area contributed by atoms with E-state index in [0.29, 0.717) is 0 Å². The van der Waals surface area contributed by atoms with Crippen molar-refractivity contribution in [2.75, 3.05) is 0 Å². The van der Waals surface area contributed by atoms with Gasteiger partial charge in [-0.15, -0.1) is 0 Å². The highest BCUT2D eigenvalue weighted by atomic mass is 16.1. The second-order valence-electron chi connectivity index (χ2n) is 9.29. The summed E-state index contributed by atoms with van der Waals surface area (Å²) >= 11 is 0. The predicted octanol–water partition coefficient (Wildman–Crippen LogP) is 7.32. The van der Waals surface area contributed by atoms with E-state index in [4.69, 9.17) is 0 Å². The fourth-order valence-corrected chi connectivity index (χ4v) is 3.05. The zero-order valence-electron chi connectivity index (χ0n) is 19.3. The normalized spacial score (nSPS) is 13.2. The molecule has 28 heavy (non-hydrogen) atoms. The molecule has 0 N–H and O–H groups in total. The fraction of sp³-hybridized carbons (Fsp3) is 0.692. The van der Waals surface area contributed by atoms with Gasteiger partial charge in [0.15, 0.2) is 0 Å². The maximum Gasteiger partial charge on any atom is 0.123 e. The lowest BCUT2D eigenvalue weighted by Gasteiger charge is -2.19. The molecule has 1 aromatic carbocycles. The summed E-state index contributed by atoms with van der Waals surface area (Å²) in [7, 11) is 0. The van der Waals surface area contributed by atoms with E-state index in [1.54, 1.807) is 0 Å². The molecular weight excluding hydrogens is 344 g/mol. The Morgan fingerprint density at radius 3 is 1.75 bits per heavy atom. The molecular formula is C26H44O2. The molecule has 0 saturated carbocycles. The molecule has 2 heteroatoms. The average Bonchev–Trinajstić information content (AvgIpc) is 2.67. The first kappa shape index (κ1) is 26.6. The van der Waals surface area contributed by atoms with Crippen molar-refractivity contribution in [3.63, 3.8) is 0 Å². The Morgan fingerprint density at radius 1 is 0.786 bits per heavy atom. The first-order chi connectivity index (χ1) is 13.2. The zero-order valence-corrected chi connectivity index (χ0v) is 19.3. The van der Waals surface area contributed by atoms with Crippen molar-refractivity contribution < 1.29 is 9.59 Å².